The summed E-state index contributed by atoms with van der Waals surface area (Å²) in [6.45, 7) is 11.0. The minimum Gasteiger partial charge on any atom is -0.383 e. The van der Waals surface area contributed by atoms with Crippen molar-refractivity contribution in [3.05, 3.63) is 21.9 Å². The van der Waals surface area contributed by atoms with E-state index in [0.29, 0.717) is 6.04 Å². The molecular formula is C18H34N4OS. The molecule has 0 radical (unpaired) electrons. The molecule has 0 bridgehead atoms. The van der Waals surface area contributed by atoms with Crippen LogP contribution in [0.15, 0.2) is 17.1 Å². The van der Waals surface area contributed by atoms with Crippen LogP contribution in [-0.4, -0.2) is 63.8 Å². The van der Waals surface area contributed by atoms with Crippen molar-refractivity contribution in [2.75, 3.05) is 46.9 Å². The number of nitrogens with one attached hydrogen (secondary N) is 2. The van der Waals surface area contributed by atoms with Gasteiger partial charge in [-0.25, -0.2) is 0 Å². The van der Waals surface area contributed by atoms with E-state index in [1.54, 1.807) is 7.11 Å². The molecule has 1 aromatic heterocycles. The van der Waals surface area contributed by atoms with Gasteiger partial charge in [-0.15, -0.1) is 11.3 Å². The molecule has 1 unspecified atom stereocenters. The topological polar surface area (TPSA) is 48.9 Å². The molecule has 0 fully saturated rings. The molecule has 0 saturated carbocycles. The number of thiophene rings is 1. The number of nitrogens with zero attached hydrogens (tertiary/aromatic N) is 2. The van der Waals surface area contributed by atoms with Gasteiger partial charge in [0.15, 0.2) is 5.96 Å². The van der Waals surface area contributed by atoms with Crippen molar-refractivity contribution in [2.45, 2.75) is 39.7 Å². The molecule has 5 nitrogen and oxygen atoms in total. The van der Waals surface area contributed by atoms with E-state index in [1.165, 1.54) is 9.75 Å². The summed E-state index contributed by atoms with van der Waals surface area (Å²) < 4.78 is 5.09. The average molecular weight is 355 g/mol. The van der Waals surface area contributed by atoms with E-state index >= 15 is 0 Å². The largest absolute Gasteiger partial charge is 0.383 e. The fourth-order valence-corrected chi connectivity index (χ4v) is 3.41. The van der Waals surface area contributed by atoms with Crippen molar-refractivity contribution in [3.63, 3.8) is 0 Å². The Labute approximate surface area is 151 Å². The molecule has 1 aromatic rings. The molecule has 0 aromatic carbocycles. The van der Waals surface area contributed by atoms with E-state index in [4.69, 9.17) is 9.73 Å². The van der Waals surface area contributed by atoms with E-state index < -0.39 is 0 Å². The number of guanidine groups is 1. The van der Waals surface area contributed by atoms with Crippen molar-refractivity contribution >= 4 is 17.3 Å². The smallest absolute Gasteiger partial charge is 0.191 e. The Morgan fingerprint density at radius 1 is 1.38 bits per heavy atom. The normalized spacial score (nSPS) is 13.3. The first-order valence-corrected chi connectivity index (χ1v) is 9.64. The number of likely N-dealkylation sites (N-methyl/N-ethyl adjacent to an activating group) is 1. The maximum Gasteiger partial charge on any atom is 0.191 e. The van der Waals surface area contributed by atoms with Gasteiger partial charge in [-0.05, 0) is 52.9 Å². The molecule has 0 aliphatic rings. The fraction of sp³-hybridized carbons (Fsp3) is 0.722. The lowest BCUT2D eigenvalue weighted by molar-refractivity contribution is 0.161. The van der Waals surface area contributed by atoms with Crippen LogP contribution in [-0.2, 0) is 11.2 Å². The summed E-state index contributed by atoms with van der Waals surface area (Å²) in [5, 5.41) is 6.85. The van der Waals surface area contributed by atoms with Crippen LogP contribution in [0.2, 0.25) is 0 Å². The minimum absolute atomic E-state index is 0.366. The van der Waals surface area contributed by atoms with Gasteiger partial charge in [0, 0.05) is 49.0 Å². The molecule has 24 heavy (non-hydrogen) atoms. The number of hydrogen-bond acceptors (Lipinski definition) is 4. The van der Waals surface area contributed by atoms with Gasteiger partial charge in [-0.1, -0.05) is 0 Å². The molecule has 138 valence electrons. The van der Waals surface area contributed by atoms with Crippen LogP contribution >= 0.6 is 11.3 Å². The maximum absolute atomic E-state index is 5.09. The van der Waals surface area contributed by atoms with Gasteiger partial charge in [0.2, 0.25) is 0 Å². The molecule has 0 saturated heterocycles. The summed E-state index contributed by atoms with van der Waals surface area (Å²) >= 11 is 1.87. The van der Waals surface area contributed by atoms with Gasteiger partial charge in [-0.2, -0.15) is 0 Å². The number of hydrogen-bond donors (Lipinski definition) is 2. The van der Waals surface area contributed by atoms with E-state index in [9.17, 15) is 0 Å². The van der Waals surface area contributed by atoms with Gasteiger partial charge >= 0.3 is 0 Å². The minimum atomic E-state index is 0.366. The lowest BCUT2D eigenvalue weighted by Crippen LogP contribution is -2.43. The van der Waals surface area contributed by atoms with Gasteiger partial charge in [0.1, 0.15) is 0 Å². The molecule has 1 atom stereocenters. The first kappa shape index (κ1) is 20.9. The number of methoxy groups -OCH3 is 1. The fourth-order valence-electron chi connectivity index (χ4n) is 2.39. The predicted molar refractivity (Wildman–Crippen MR) is 105 cm³/mol. The van der Waals surface area contributed by atoms with Gasteiger partial charge < -0.3 is 20.3 Å². The first-order chi connectivity index (χ1) is 11.5. The molecule has 1 heterocycles. The van der Waals surface area contributed by atoms with Crippen LogP contribution in [0.25, 0.3) is 0 Å². The van der Waals surface area contributed by atoms with Crippen molar-refractivity contribution in [1.29, 1.82) is 0 Å². The second kappa shape index (κ2) is 12.3. The molecule has 2 N–H and O–H groups in total. The molecule has 1 rings (SSSR count). The molecule has 0 aliphatic carbocycles. The SMILES string of the molecule is CCNC(=NCCCN(C)CCOC)NC(C)Cc1ccc(C)s1. The third-order valence-electron chi connectivity index (χ3n) is 3.68. The zero-order chi connectivity index (χ0) is 17.8. The second-order valence-electron chi connectivity index (χ2n) is 6.17. The Bertz CT molecular complexity index is 475. The number of rotatable bonds is 11. The van der Waals surface area contributed by atoms with E-state index in [-0.39, 0.29) is 0 Å². The number of aryl methyl sites for hydroxylation is 1. The quantitative estimate of drug-likeness (QED) is 0.364. The van der Waals surface area contributed by atoms with Crippen LogP contribution in [0.5, 0.6) is 0 Å². The average Bonchev–Trinajstić information content (AvgIpc) is 2.94. The molecule has 0 amide bonds. The standard InChI is InChI=1S/C18H34N4OS/c1-6-19-18(20-10-7-11-22(4)12-13-23-5)21-15(2)14-17-9-8-16(3)24-17/h8-9,15H,6-7,10-14H2,1-5H3,(H2,19,20,21). The van der Waals surface area contributed by atoms with Crippen LogP contribution in [0.4, 0.5) is 0 Å². The zero-order valence-electron chi connectivity index (χ0n) is 15.9. The van der Waals surface area contributed by atoms with Crippen LogP contribution in [0.1, 0.15) is 30.0 Å². The highest BCUT2D eigenvalue weighted by Crippen LogP contribution is 2.16. The highest BCUT2D eigenvalue weighted by atomic mass is 32.1. The third-order valence-corrected chi connectivity index (χ3v) is 4.70. The Morgan fingerprint density at radius 2 is 2.17 bits per heavy atom. The second-order valence-corrected chi connectivity index (χ2v) is 7.54. The summed E-state index contributed by atoms with van der Waals surface area (Å²) in [6.07, 6.45) is 2.08. The summed E-state index contributed by atoms with van der Waals surface area (Å²) in [7, 11) is 3.86. The first-order valence-electron chi connectivity index (χ1n) is 8.82. The highest BCUT2D eigenvalue weighted by molar-refractivity contribution is 7.11. The van der Waals surface area contributed by atoms with Crippen LogP contribution in [0.3, 0.4) is 0 Å². The van der Waals surface area contributed by atoms with E-state index in [2.05, 4.69) is 55.5 Å². The predicted octanol–water partition coefficient (Wildman–Crippen LogP) is 2.51. The lowest BCUT2D eigenvalue weighted by Gasteiger charge is -2.18. The molecule has 0 aliphatic heterocycles. The van der Waals surface area contributed by atoms with Crippen molar-refractivity contribution in [3.8, 4) is 0 Å². The van der Waals surface area contributed by atoms with Crippen LogP contribution < -0.4 is 10.6 Å². The lowest BCUT2D eigenvalue weighted by atomic mass is 10.2. The Morgan fingerprint density at radius 3 is 2.79 bits per heavy atom. The summed E-state index contributed by atoms with van der Waals surface area (Å²) in [5.41, 5.74) is 0. The van der Waals surface area contributed by atoms with Gasteiger partial charge in [-0.3, -0.25) is 4.99 Å². The van der Waals surface area contributed by atoms with Gasteiger partial charge in [0.25, 0.3) is 0 Å². The number of aliphatic imine (C=N–C) groups is 1. The van der Waals surface area contributed by atoms with Crippen molar-refractivity contribution < 1.29 is 4.74 Å². The van der Waals surface area contributed by atoms with Crippen molar-refractivity contribution in [1.82, 2.24) is 15.5 Å². The van der Waals surface area contributed by atoms with Crippen molar-refractivity contribution in [2.24, 2.45) is 4.99 Å². The molecular weight excluding hydrogens is 320 g/mol. The summed E-state index contributed by atoms with van der Waals surface area (Å²) in [5.74, 6) is 0.915. The summed E-state index contributed by atoms with van der Waals surface area (Å²) in [4.78, 5) is 9.76. The maximum atomic E-state index is 5.09. The Balaban J connectivity index is 2.35. The highest BCUT2D eigenvalue weighted by Gasteiger charge is 2.07. The Kier molecular flexibility index (Phi) is 10.7. The van der Waals surface area contributed by atoms with E-state index in [1.807, 2.05) is 11.3 Å². The molecule has 0 spiro atoms. The van der Waals surface area contributed by atoms with E-state index in [0.717, 1.165) is 51.6 Å². The third kappa shape index (κ3) is 9.25. The Hall–Kier alpha value is -1.11. The molecule has 6 heteroatoms. The monoisotopic (exact) mass is 354 g/mol. The van der Waals surface area contributed by atoms with Gasteiger partial charge in [0.05, 0.1) is 6.61 Å². The number of ether oxygens (including phenoxy) is 1. The van der Waals surface area contributed by atoms with Crippen LogP contribution in [0, 0.1) is 6.92 Å². The summed E-state index contributed by atoms with van der Waals surface area (Å²) in [6, 6.07) is 4.77. The zero-order valence-corrected chi connectivity index (χ0v) is 16.7.